The van der Waals surface area contributed by atoms with E-state index < -0.39 is 0 Å². The first kappa shape index (κ1) is 11.7. The number of rotatable bonds is 4. The Morgan fingerprint density at radius 2 is 2.19 bits per heavy atom. The zero-order valence-electron chi connectivity index (χ0n) is 10.5. The van der Waals surface area contributed by atoms with E-state index >= 15 is 0 Å². The molecule has 0 fully saturated rings. The van der Waals surface area contributed by atoms with Crippen LogP contribution in [0, 0.1) is 5.92 Å². The molecule has 1 heterocycles. The zero-order chi connectivity index (χ0) is 11.4. The molecule has 2 atom stereocenters. The van der Waals surface area contributed by atoms with Crippen molar-refractivity contribution in [2.75, 3.05) is 6.54 Å². The quantitative estimate of drug-likeness (QED) is 0.811. The van der Waals surface area contributed by atoms with E-state index in [2.05, 4.69) is 43.4 Å². The van der Waals surface area contributed by atoms with Gasteiger partial charge >= 0.3 is 0 Å². The highest BCUT2D eigenvalue weighted by Gasteiger charge is 2.19. The molecule has 16 heavy (non-hydrogen) atoms. The maximum atomic E-state index is 3.53. The molecular formula is C15H23N. The van der Waals surface area contributed by atoms with Crippen molar-refractivity contribution >= 4 is 0 Å². The molecule has 2 rings (SSSR count). The topological polar surface area (TPSA) is 12.0 Å². The van der Waals surface area contributed by atoms with Crippen LogP contribution in [0.3, 0.4) is 0 Å². The van der Waals surface area contributed by atoms with E-state index in [1.807, 2.05) is 0 Å². The minimum absolute atomic E-state index is 0.735. The Morgan fingerprint density at radius 3 is 3.00 bits per heavy atom. The zero-order valence-corrected chi connectivity index (χ0v) is 10.5. The van der Waals surface area contributed by atoms with Gasteiger partial charge in [0, 0.05) is 13.1 Å². The SMILES string of the molecule is CCC(C)CCC1CNCc2ccccc21. The van der Waals surface area contributed by atoms with E-state index in [1.54, 1.807) is 5.56 Å². The van der Waals surface area contributed by atoms with Gasteiger partial charge in [-0.2, -0.15) is 0 Å². The Hall–Kier alpha value is -0.820. The van der Waals surface area contributed by atoms with Crippen LogP contribution >= 0.6 is 0 Å². The standard InChI is InChI=1S/C15H23N/c1-3-12(2)8-9-14-11-16-10-13-6-4-5-7-15(13)14/h4-7,12,14,16H,3,8-11H2,1-2H3. The first-order valence-corrected chi connectivity index (χ1v) is 6.59. The largest absolute Gasteiger partial charge is 0.312 e. The van der Waals surface area contributed by atoms with Crippen LogP contribution in [0.5, 0.6) is 0 Å². The maximum absolute atomic E-state index is 3.53. The minimum atomic E-state index is 0.735. The Balaban J connectivity index is 2.01. The number of benzene rings is 1. The van der Waals surface area contributed by atoms with Crippen LogP contribution in [-0.4, -0.2) is 6.54 Å². The summed E-state index contributed by atoms with van der Waals surface area (Å²) in [6.45, 7) is 6.86. The molecule has 0 amide bonds. The van der Waals surface area contributed by atoms with Gasteiger partial charge in [0.1, 0.15) is 0 Å². The molecule has 0 spiro atoms. The lowest BCUT2D eigenvalue weighted by atomic mass is 9.85. The molecule has 2 unspecified atom stereocenters. The van der Waals surface area contributed by atoms with Gasteiger partial charge in [-0.05, 0) is 29.4 Å². The van der Waals surface area contributed by atoms with Crippen LogP contribution in [0.15, 0.2) is 24.3 Å². The number of hydrogen-bond donors (Lipinski definition) is 1. The molecule has 1 aliphatic rings. The van der Waals surface area contributed by atoms with E-state index in [0.717, 1.165) is 24.9 Å². The molecule has 0 saturated heterocycles. The van der Waals surface area contributed by atoms with E-state index in [1.165, 1.54) is 24.8 Å². The summed E-state index contributed by atoms with van der Waals surface area (Å²) in [6, 6.07) is 8.91. The fraction of sp³-hybridized carbons (Fsp3) is 0.600. The number of fused-ring (bicyclic) bond motifs is 1. The van der Waals surface area contributed by atoms with Crippen molar-refractivity contribution in [3.8, 4) is 0 Å². The molecule has 0 bridgehead atoms. The normalized spacial score (nSPS) is 21.5. The molecule has 1 aromatic carbocycles. The third kappa shape index (κ3) is 2.65. The lowest BCUT2D eigenvalue weighted by molar-refractivity contribution is 0.432. The predicted molar refractivity (Wildman–Crippen MR) is 69.6 cm³/mol. The molecule has 0 saturated carbocycles. The summed E-state index contributed by atoms with van der Waals surface area (Å²) in [5, 5.41) is 3.53. The van der Waals surface area contributed by atoms with Crippen molar-refractivity contribution in [2.45, 2.75) is 45.6 Å². The van der Waals surface area contributed by atoms with E-state index in [4.69, 9.17) is 0 Å². The molecule has 1 aliphatic heterocycles. The summed E-state index contributed by atoms with van der Waals surface area (Å²) in [4.78, 5) is 0. The van der Waals surface area contributed by atoms with Gasteiger partial charge in [-0.3, -0.25) is 0 Å². The molecular weight excluding hydrogens is 194 g/mol. The third-order valence-electron chi connectivity index (χ3n) is 3.91. The monoisotopic (exact) mass is 217 g/mol. The van der Waals surface area contributed by atoms with Crippen LogP contribution in [0.25, 0.3) is 0 Å². The molecule has 1 N–H and O–H groups in total. The molecule has 0 aliphatic carbocycles. The van der Waals surface area contributed by atoms with Crippen molar-refractivity contribution in [3.63, 3.8) is 0 Å². The Morgan fingerprint density at radius 1 is 1.38 bits per heavy atom. The molecule has 1 heteroatoms. The van der Waals surface area contributed by atoms with E-state index in [-0.39, 0.29) is 0 Å². The highest BCUT2D eigenvalue weighted by Crippen LogP contribution is 2.29. The van der Waals surface area contributed by atoms with Crippen molar-refractivity contribution < 1.29 is 0 Å². The smallest absolute Gasteiger partial charge is 0.0208 e. The van der Waals surface area contributed by atoms with Gasteiger partial charge in [-0.1, -0.05) is 51.0 Å². The van der Waals surface area contributed by atoms with Crippen LogP contribution in [0.1, 0.15) is 50.2 Å². The van der Waals surface area contributed by atoms with Crippen molar-refractivity contribution in [2.24, 2.45) is 5.92 Å². The Labute approximate surface area is 99.3 Å². The van der Waals surface area contributed by atoms with Crippen LogP contribution < -0.4 is 5.32 Å². The van der Waals surface area contributed by atoms with Crippen LogP contribution in [0.4, 0.5) is 0 Å². The second kappa shape index (κ2) is 5.49. The summed E-state index contributed by atoms with van der Waals surface area (Å²) in [5.74, 6) is 1.60. The lowest BCUT2D eigenvalue weighted by Crippen LogP contribution is -2.28. The highest BCUT2D eigenvalue weighted by atomic mass is 14.9. The molecule has 88 valence electrons. The Kier molecular flexibility index (Phi) is 4.00. The first-order valence-electron chi connectivity index (χ1n) is 6.59. The Bertz CT molecular complexity index is 332. The van der Waals surface area contributed by atoms with Gasteiger partial charge in [0.05, 0.1) is 0 Å². The fourth-order valence-electron chi connectivity index (χ4n) is 2.53. The minimum Gasteiger partial charge on any atom is -0.312 e. The fourth-order valence-corrected chi connectivity index (χ4v) is 2.53. The summed E-state index contributed by atoms with van der Waals surface area (Å²) >= 11 is 0. The maximum Gasteiger partial charge on any atom is 0.0208 e. The van der Waals surface area contributed by atoms with E-state index in [0.29, 0.717) is 0 Å². The van der Waals surface area contributed by atoms with Crippen molar-refractivity contribution in [3.05, 3.63) is 35.4 Å². The predicted octanol–water partition coefficient (Wildman–Crippen LogP) is 3.70. The highest BCUT2D eigenvalue weighted by molar-refractivity contribution is 5.32. The van der Waals surface area contributed by atoms with Crippen molar-refractivity contribution in [1.29, 1.82) is 0 Å². The molecule has 0 radical (unpaired) electrons. The van der Waals surface area contributed by atoms with Gasteiger partial charge < -0.3 is 5.32 Å². The van der Waals surface area contributed by atoms with Gasteiger partial charge in [0.15, 0.2) is 0 Å². The van der Waals surface area contributed by atoms with Gasteiger partial charge in [0.2, 0.25) is 0 Å². The van der Waals surface area contributed by atoms with Gasteiger partial charge in [-0.15, -0.1) is 0 Å². The van der Waals surface area contributed by atoms with Crippen LogP contribution in [-0.2, 0) is 6.54 Å². The second-order valence-electron chi connectivity index (χ2n) is 5.12. The van der Waals surface area contributed by atoms with Crippen molar-refractivity contribution in [1.82, 2.24) is 5.32 Å². The summed E-state index contributed by atoms with van der Waals surface area (Å²) in [5.41, 5.74) is 3.09. The summed E-state index contributed by atoms with van der Waals surface area (Å²) < 4.78 is 0. The first-order chi connectivity index (χ1) is 7.81. The molecule has 0 aromatic heterocycles. The molecule has 1 aromatic rings. The number of nitrogens with one attached hydrogen (secondary N) is 1. The van der Waals surface area contributed by atoms with Gasteiger partial charge in [-0.25, -0.2) is 0 Å². The molecule has 1 nitrogen and oxygen atoms in total. The van der Waals surface area contributed by atoms with Gasteiger partial charge in [0.25, 0.3) is 0 Å². The average molecular weight is 217 g/mol. The number of hydrogen-bond acceptors (Lipinski definition) is 1. The third-order valence-corrected chi connectivity index (χ3v) is 3.91. The average Bonchev–Trinajstić information content (AvgIpc) is 2.35. The summed E-state index contributed by atoms with van der Waals surface area (Å²) in [6.07, 6.45) is 4.00. The van der Waals surface area contributed by atoms with E-state index in [9.17, 15) is 0 Å². The summed E-state index contributed by atoms with van der Waals surface area (Å²) in [7, 11) is 0. The second-order valence-corrected chi connectivity index (χ2v) is 5.12. The van der Waals surface area contributed by atoms with Crippen LogP contribution in [0.2, 0.25) is 0 Å². The lowest BCUT2D eigenvalue weighted by Gasteiger charge is -2.27.